The van der Waals surface area contributed by atoms with Gasteiger partial charge in [-0.15, -0.1) is 0 Å². The molecule has 1 aromatic rings. The Labute approximate surface area is 105 Å². The second kappa shape index (κ2) is 6.44. The van der Waals surface area contributed by atoms with Crippen LogP contribution in [0.5, 0.6) is 0 Å². The molecule has 1 unspecified atom stereocenters. The molecule has 3 nitrogen and oxygen atoms in total. The molecule has 0 saturated heterocycles. The molecule has 1 rings (SSSR count). The molecule has 100 valence electrons. The second-order valence-corrected chi connectivity index (χ2v) is 3.97. The van der Waals surface area contributed by atoms with Crippen LogP contribution < -0.4 is 0 Å². The number of nitrogens with zero attached hydrogens (tertiary/aromatic N) is 1. The van der Waals surface area contributed by atoms with Crippen LogP contribution in [0, 0.1) is 11.6 Å². The molecular formula is C13H17F2NO2. The quantitative estimate of drug-likeness (QED) is 0.852. The minimum Gasteiger partial charge on any atom is -0.481 e. The van der Waals surface area contributed by atoms with Crippen LogP contribution in [0.4, 0.5) is 8.78 Å². The lowest BCUT2D eigenvalue weighted by Crippen LogP contribution is -2.31. The van der Waals surface area contributed by atoms with E-state index in [1.807, 2.05) is 13.8 Å². The topological polar surface area (TPSA) is 40.5 Å². The molecule has 0 aliphatic carbocycles. The largest absolute Gasteiger partial charge is 0.481 e. The van der Waals surface area contributed by atoms with Gasteiger partial charge in [-0.3, -0.25) is 9.69 Å². The number of aliphatic carboxylic acids is 1. The molecule has 0 bridgehead atoms. The van der Waals surface area contributed by atoms with Crippen LogP contribution >= 0.6 is 0 Å². The van der Waals surface area contributed by atoms with Crippen LogP contribution in [0.15, 0.2) is 18.2 Å². The molecule has 0 spiro atoms. The first-order chi connectivity index (χ1) is 8.51. The highest BCUT2D eigenvalue weighted by Gasteiger charge is 2.26. The molecule has 1 aromatic carbocycles. The number of halogens is 2. The molecule has 5 heteroatoms. The number of benzene rings is 1. The third-order valence-electron chi connectivity index (χ3n) is 2.95. The summed E-state index contributed by atoms with van der Waals surface area (Å²) in [4.78, 5) is 12.6. The molecule has 0 fully saturated rings. The number of rotatable bonds is 6. The SMILES string of the molecule is CCN(CC)C(CC(=O)O)c1c(F)cccc1F. The Balaban J connectivity index is 3.20. The van der Waals surface area contributed by atoms with Crippen LogP contribution in [0.1, 0.15) is 31.9 Å². The monoisotopic (exact) mass is 257 g/mol. The first-order valence-corrected chi connectivity index (χ1v) is 5.91. The standard InChI is InChI=1S/C13H17F2NO2/c1-3-16(4-2)11(8-12(17)18)13-9(14)6-5-7-10(13)15/h5-7,11H,3-4,8H2,1-2H3,(H,17,18). The summed E-state index contributed by atoms with van der Waals surface area (Å²) in [5.41, 5.74) is -0.163. The molecular weight excluding hydrogens is 240 g/mol. The Kier molecular flexibility index (Phi) is 5.22. The van der Waals surface area contributed by atoms with Crippen LogP contribution in [0.25, 0.3) is 0 Å². The predicted octanol–water partition coefficient (Wildman–Crippen LogP) is 2.82. The van der Waals surface area contributed by atoms with Gasteiger partial charge in [-0.1, -0.05) is 19.9 Å². The third kappa shape index (κ3) is 3.26. The Morgan fingerprint density at radius 3 is 2.17 bits per heavy atom. The van der Waals surface area contributed by atoms with Gasteiger partial charge in [-0.2, -0.15) is 0 Å². The number of carbonyl (C=O) groups is 1. The number of carboxylic acid groups (broad SMARTS) is 1. The zero-order chi connectivity index (χ0) is 13.7. The molecule has 0 heterocycles. The summed E-state index contributed by atoms with van der Waals surface area (Å²) in [6.07, 6.45) is -0.320. The molecule has 0 saturated carbocycles. The zero-order valence-electron chi connectivity index (χ0n) is 10.5. The van der Waals surface area contributed by atoms with Crippen molar-refractivity contribution in [3.05, 3.63) is 35.4 Å². The van der Waals surface area contributed by atoms with Crippen molar-refractivity contribution in [2.75, 3.05) is 13.1 Å². The van der Waals surface area contributed by atoms with E-state index < -0.39 is 23.6 Å². The number of carboxylic acids is 1. The van der Waals surface area contributed by atoms with Crippen LogP contribution in [-0.4, -0.2) is 29.1 Å². The van der Waals surface area contributed by atoms with E-state index in [2.05, 4.69) is 0 Å². The summed E-state index contributed by atoms with van der Waals surface area (Å²) in [7, 11) is 0. The molecule has 18 heavy (non-hydrogen) atoms. The van der Waals surface area contributed by atoms with Gasteiger partial charge in [-0.05, 0) is 25.2 Å². The summed E-state index contributed by atoms with van der Waals surface area (Å²) < 4.78 is 27.4. The summed E-state index contributed by atoms with van der Waals surface area (Å²) in [6, 6.07) is 2.79. The minimum atomic E-state index is -1.07. The van der Waals surface area contributed by atoms with E-state index in [1.165, 1.54) is 6.07 Å². The Bertz CT molecular complexity index is 399. The highest BCUT2D eigenvalue weighted by atomic mass is 19.1. The molecule has 0 amide bonds. The van der Waals surface area contributed by atoms with Crippen LogP contribution in [0.2, 0.25) is 0 Å². The number of hydrogen-bond donors (Lipinski definition) is 1. The van der Waals surface area contributed by atoms with Crippen molar-refractivity contribution >= 4 is 5.97 Å². The average molecular weight is 257 g/mol. The van der Waals surface area contributed by atoms with Gasteiger partial charge < -0.3 is 5.11 Å². The first-order valence-electron chi connectivity index (χ1n) is 5.91. The van der Waals surface area contributed by atoms with Gasteiger partial charge in [0.25, 0.3) is 0 Å². The summed E-state index contributed by atoms with van der Waals surface area (Å²) in [6.45, 7) is 4.72. The molecule has 0 aliphatic heterocycles. The van der Waals surface area contributed by atoms with E-state index in [1.54, 1.807) is 4.90 Å². The van der Waals surface area contributed by atoms with Crippen molar-refractivity contribution in [3.8, 4) is 0 Å². The molecule has 0 aromatic heterocycles. The van der Waals surface area contributed by atoms with Gasteiger partial charge in [0.2, 0.25) is 0 Å². The van der Waals surface area contributed by atoms with Gasteiger partial charge in [0.15, 0.2) is 0 Å². The van der Waals surface area contributed by atoms with Gasteiger partial charge in [0.05, 0.1) is 12.5 Å². The predicted molar refractivity (Wildman–Crippen MR) is 64.3 cm³/mol. The molecule has 0 radical (unpaired) electrons. The minimum absolute atomic E-state index is 0.163. The van der Waals surface area contributed by atoms with Crippen molar-refractivity contribution in [3.63, 3.8) is 0 Å². The third-order valence-corrected chi connectivity index (χ3v) is 2.95. The maximum Gasteiger partial charge on any atom is 0.305 e. The highest BCUT2D eigenvalue weighted by molar-refractivity contribution is 5.68. The zero-order valence-corrected chi connectivity index (χ0v) is 10.5. The Morgan fingerprint density at radius 1 is 1.28 bits per heavy atom. The second-order valence-electron chi connectivity index (χ2n) is 3.97. The normalized spacial score (nSPS) is 12.7. The molecule has 0 aliphatic rings. The van der Waals surface area contributed by atoms with Crippen LogP contribution in [0.3, 0.4) is 0 Å². The number of hydrogen-bond acceptors (Lipinski definition) is 2. The lowest BCUT2D eigenvalue weighted by Gasteiger charge is -2.29. The van der Waals surface area contributed by atoms with Crippen molar-refractivity contribution in [1.82, 2.24) is 4.90 Å². The molecule has 1 N–H and O–H groups in total. The molecule has 1 atom stereocenters. The average Bonchev–Trinajstić information content (AvgIpc) is 2.29. The van der Waals surface area contributed by atoms with Gasteiger partial charge in [0, 0.05) is 5.56 Å². The smallest absolute Gasteiger partial charge is 0.305 e. The van der Waals surface area contributed by atoms with E-state index in [0.29, 0.717) is 13.1 Å². The van der Waals surface area contributed by atoms with Crippen LogP contribution in [-0.2, 0) is 4.79 Å². The van der Waals surface area contributed by atoms with E-state index in [0.717, 1.165) is 12.1 Å². The van der Waals surface area contributed by atoms with E-state index in [9.17, 15) is 13.6 Å². The van der Waals surface area contributed by atoms with Crippen molar-refractivity contribution in [2.45, 2.75) is 26.3 Å². The van der Waals surface area contributed by atoms with Crippen molar-refractivity contribution in [1.29, 1.82) is 0 Å². The summed E-state index contributed by atoms with van der Waals surface area (Å²) in [5.74, 6) is -2.48. The van der Waals surface area contributed by atoms with E-state index in [-0.39, 0.29) is 12.0 Å². The van der Waals surface area contributed by atoms with Gasteiger partial charge in [0.1, 0.15) is 11.6 Å². The highest BCUT2D eigenvalue weighted by Crippen LogP contribution is 2.28. The summed E-state index contributed by atoms with van der Waals surface area (Å²) in [5, 5.41) is 8.90. The lowest BCUT2D eigenvalue weighted by atomic mass is 10.0. The van der Waals surface area contributed by atoms with Gasteiger partial charge in [-0.25, -0.2) is 8.78 Å². The first kappa shape index (κ1) is 14.6. The Morgan fingerprint density at radius 2 is 1.78 bits per heavy atom. The van der Waals surface area contributed by atoms with E-state index in [4.69, 9.17) is 5.11 Å². The fourth-order valence-electron chi connectivity index (χ4n) is 2.07. The maximum absolute atomic E-state index is 13.7. The maximum atomic E-state index is 13.7. The lowest BCUT2D eigenvalue weighted by molar-refractivity contribution is -0.138. The fourth-order valence-corrected chi connectivity index (χ4v) is 2.07. The van der Waals surface area contributed by atoms with Crippen molar-refractivity contribution < 1.29 is 18.7 Å². The van der Waals surface area contributed by atoms with Crippen molar-refractivity contribution in [2.24, 2.45) is 0 Å². The fraction of sp³-hybridized carbons (Fsp3) is 0.462. The van der Waals surface area contributed by atoms with Gasteiger partial charge >= 0.3 is 5.97 Å². The van der Waals surface area contributed by atoms with E-state index >= 15 is 0 Å². The summed E-state index contributed by atoms with van der Waals surface area (Å²) >= 11 is 0. The Hall–Kier alpha value is -1.49.